The van der Waals surface area contributed by atoms with Crippen LogP contribution >= 0.6 is 0 Å². The number of anilines is 3. The van der Waals surface area contributed by atoms with Crippen molar-refractivity contribution in [2.24, 2.45) is 47.3 Å². The monoisotopic (exact) mass is 889 g/mol. The van der Waals surface area contributed by atoms with Gasteiger partial charge in [0.25, 0.3) is 0 Å². The Morgan fingerprint density at radius 1 is 0.275 bits per heavy atom. The normalized spacial score (nSPS) is 29.9. The molecular formula is C68H59N. The predicted octanol–water partition coefficient (Wildman–Crippen LogP) is 17.6. The van der Waals surface area contributed by atoms with Crippen LogP contribution in [0.1, 0.15) is 86.5 Å². The lowest BCUT2D eigenvalue weighted by Crippen LogP contribution is -2.55. The number of fused-ring (bicyclic) bond motifs is 6. The van der Waals surface area contributed by atoms with Crippen molar-refractivity contribution in [3.8, 4) is 55.6 Å². The molecule has 18 rings (SSSR count). The van der Waals surface area contributed by atoms with Gasteiger partial charge in [-0.1, -0.05) is 152 Å². The highest BCUT2D eigenvalue weighted by molar-refractivity contribution is 5.92. The molecule has 8 aromatic rings. The molecule has 0 amide bonds. The summed E-state index contributed by atoms with van der Waals surface area (Å²) in [5.41, 5.74) is 24.0. The van der Waals surface area contributed by atoms with Crippen molar-refractivity contribution in [2.45, 2.75) is 75.0 Å². The molecule has 336 valence electrons. The van der Waals surface area contributed by atoms with E-state index in [1.54, 1.807) is 22.3 Å². The highest BCUT2D eigenvalue weighted by atomic mass is 15.1. The molecular weight excluding hydrogens is 831 g/mol. The third-order valence-corrected chi connectivity index (χ3v) is 20.3. The average Bonchev–Trinajstić information content (AvgIpc) is 3.85. The van der Waals surface area contributed by atoms with Crippen LogP contribution in [0.5, 0.6) is 0 Å². The Kier molecular flexibility index (Phi) is 8.31. The lowest BCUT2D eigenvalue weighted by atomic mass is 9.43. The molecule has 8 fully saturated rings. The van der Waals surface area contributed by atoms with Crippen LogP contribution in [0.15, 0.2) is 188 Å². The van der Waals surface area contributed by atoms with E-state index in [-0.39, 0.29) is 10.8 Å². The molecule has 0 heterocycles. The molecule has 1 nitrogen and oxygen atoms in total. The summed E-state index contributed by atoms with van der Waals surface area (Å²) in [6.07, 6.45) is 14.2. The Labute approximate surface area is 408 Å². The lowest BCUT2D eigenvalue weighted by molar-refractivity contribution is -0.0399. The first-order valence-electron chi connectivity index (χ1n) is 26.8. The van der Waals surface area contributed by atoms with Crippen molar-refractivity contribution < 1.29 is 0 Å². The summed E-state index contributed by atoms with van der Waals surface area (Å²) in [5.74, 6) is 6.72. The van der Waals surface area contributed by atoms with Crippen LogP contribution in [-0.4, -0.2) is 0 Å². The summed E-state index contributed by atoms with van der Waals surface area (Å²) in [4.78, 5) is 2.56. The zero-order valence-corrected chi connectivity index (χ0v) is 39.5. The van der Waals surface area contributed by atoms with Gasteiger partial charge in [0.05, 0.1) is 5.69 Å². The third kappa shape index (κ3) is 5.43. The van der Waals surface area contributed by atoms with Gasteiger partial charge >= 0.3 is 0 Å². The molecule has 8 saturated carbocycles. The van der Waals surface area contributed by atoms with E-state index in [1.807, 2.05) is 0 Å². The van der Waals surface area contributed by atoms with E-state index < -0.39 is 0 Å². The van der Waals surface area contributed by atoms with Gasteiger partial charge in [-0.2, -0.15) is 0 Å². The first-order chi connectivity index (χ1) is 34.1. The van der Waals surface area contributed by atoms with E-state index in [9.17, 15) is 0 Å². The van der Waals surface area contributed by atoms with Crippen LogP contribution in [-0.2, 0) is 10.8 Å². The largest absolute Gasteiger partial charge is 0.310 e. The molecule has 69 heavy (non-hydrogen) atoms. The Hall–Kier alpha value is -6.44. The highest BCUT2D eigenvalue weighted by Crippen LogP contribution is 2.71. The van der Waals surface area contributed by atoms with Crippen LogP contribution in [0.3, 0.4) is 0 Å². The summed E-state index contributed by atoms with van der Waals surface area (Å²) in [6.45, 7) is 0. The Bertz CT molecular complexity index is 3300. The van der Waals surface area contributed by atoms with Gasteiger partial charge in [0.2, 0.25) is 0 Å². The zero-order valence-electron chi connectivity index (χ0n) is 39.5. The molecule has 10 aliphatic rings. The summed E-state index contributed by atoms with van der Waals surface area (Å²) < 4.78 is 0. The van der Waals surface area contributed by atoms with Crippen molar-refractivity contribution in [2.75, 3.05) is 4.90 Å². The summed E-state index contributed by atoms with van der Waals surface area (Å²) in [6, 6.07) is 73.0. The molecule has 10 aliphatic carbocycles. The highest BCUT2D eigenvalue weighted by Gasteiger charge is 2.63. The smallest absolute Gasteiger partial charge is 0.0540 e. The van der Waals surface area contributed by atoms with Gasteiger partial charge in [-0.15, -0.1) is 0 Å². The second-order valence-corrected chi connectivity index (χ2v) is 23.3. The second kappa shape index (κ2) is 14.6. The number of benzene rings is 8. The molecule has 0 radical (unpaired) electrons. The molecule has 0 atom stereocenters. The molecule has 1 heteroatoms. The van der Waals surface area contributed by atoms with Crippen LogP contribution in [0.4, 0.5) is 17.1 Å². The fraction of sp³-hybridized carbons (Fsp3) is 0.294. The van der Waals surface area contributed by atoms with Gasteiger partial charge in [0, 0.05) is 27.8 Å². The SMILES string of the molecule is c1ccc(-c2ccccc2N(c2ccc(-c3ccc(-c4ccc5c(c4)C4(c6ccccc6-5)C5CC6CC(C5)CC4C6)cc3)cc2)c2ccc3c(c2)C2(c4ccccc4-3)C3CC4CC(C3)CC2C4)cc1. The van der Waals surface area contributed by atoms with Crippen LogP contribution < -0.4 is 4.90 Å². The predicted molar refractivity (Wildman–Crippen MR) is 284 cm³/mol. The first-order valence-corrected chi connectivity index (χ1v) is 26.8. The molecule has 2 spiro atoms. The number of nitrogens with zero attached hydrogens (tertiary/aromatic N) is 1. The summed E-state index contributed by atoms with van der Waals surface area (Å²) >= 11 is 0. The topological polar surface area (TPSA) is 3.24 Å². The Morgan fingerprint density at radius 3 is 1.22 bits per heavy atom. The Morgan fingerprint density at radius 2 is 0.667 bits per heavy atom. The van der Waals surface area contributed by atoms with E-state index in [0.29, 0.717) is 0 Å². The molecule has 0 unspecified atom stereocenters. The van der Waals surface area contributed by atoms with Gasteiger partial charge in [-0.3, -0.25) is 0 Å². The number of hydrogen-bond donors (Lipinski definition) is 0. The fourth-order valence-corrected chi connectivity index (χ4v) is 18.2. The van der Waals surface area contributed by atoms with Crippen molar-refractivity contribution in [1.29, 1.82) is 0 Å². The van der Waals surface area contributed by atoms with Crippen molar-refractivity contribution >= 4 is 17.1 Å². The minimum Gasteiger partial charge on any atom is -0.310 e. The average molecular weight is 890 g/mol. The fourth-order valence-electron chi connectivity index (χ4n) is 18.2. The molecule has 8 bridgehead atoms. The second-order valence-electron chi connectivity index (χ2n) is 23.3. The van der Waals surface area contributed by atoms with Gasteiger partial charge in [-0.25, -0.2) is 0 Å². The van der Waals surface area contributed by atoms with E-state index >= 15 is 0 Å². The quantitative estimate of drug-likeness (QED) is 0.161. The maximum absolute atomic E-state index is 2.65. The lowest BCUT2D eigenvalue weighted by Gasteiger charge is -2.61. The van der Waals surface area contributed by atoms with E-state index in [4.69, 9.17) is 0 Å². The molecule has 0 aromatic heterocycles. The van der Waals surface area contributed by atoms with Gasteiger partial charge in [0.15, 0.2) is 0 Å². The van der Waals surface area contributed by atoms with Gasteiger partial charge in [-0.05, 0) is 220 Å². The van der Waals surface area contributed by atoms with Gasteiger partial charge < -0.3 is 4.90 Å². The van der Waals surface area contributed by atoms with Crippen molar-refractivity contribution in [3.05, 3.63) is 210 Å². The van der Waals surface area contributed by atoms with Gasteiger partial charge in [0.1, 0.15) is 0 Å². The molecule has 0 N–H and O–H groups in total. The standard InChI is InChI=1S/C68H59N/c1-2-10-49(11-3-1)57-12-6-9-17-66(57)69(56-27-29-61-59-14-5-8-16-63(59)68(65(61)41-56)53-36-44-31-45(38-53)39-54(68)37-44)55-25-22-47(23-26-55)46-18-20-48(21-19-46)50-24-28-60-58-13-4-7-15-62(58)67(64(60)40-50)51-32-42-30-43(34-51)35-52(67)33-42/h1-29,40-45,51-54H,30-39H2. The minimum atomic E-state index is 0.108. The van der Waals surface area contributed by atoms with Crippen molar-refractivity contribution in [3.63, 3.8) is 0 Å². The van der Waals surface area contributed by atoms with E-state index in [2.05, 4.69) is 193 Å². The minimum absolute atomic E-state index is 0.108. The van der Waals surface area contributed by atoms with Crippen LogP contribution in [0.25, 0.3) is 55.6 Å². The third-order valence-electron chi connectivity index (χ3n) is 20.3. The first kappa shape index (κ1) is 39.4. The Balaban J connectivity index is 0.773. The number of para-hydroxylation sites is 1. The van der Waals surface area contributed by atoms with Crippen LogP contribution in [0, 0.1) is 47.3 Å². The molecule has 0 saturated heterocycles. The van der Waals surface area contributed by atoms with Crippen LogP contribution in [0.2, 0.25) is 0 Å². The van der Waals surface area contributed by atoms with E-state index in [0.717, 1.165) is 47.3 Å². The van der Waals surface area contributed by atoms with Crippen molar-refractivity contribution in [1.82, 2.24) is 0 Å². The number of rotatable bonds is 6. The maximum Gasteiger partial charge on any atom is 0.0540 e. The summed E-state index contributed by atoms with van der Waals surface area (Å²) in [7, 11) is 0. The molecule has 0 aliphatic heterocycles. The van der Waals surface area contributed by atoms with E-state index in [1.165, 1.54) is 137 Å². The summed E-state index contributed by atoms with van der Waals surface area (Å²) in [5, 5.41) is 0. The zero-order chi connectivity index (χ0) is 45.0. The maximum atomic E-state index is 2.65. The molecule has 8 aromatic carbocycles. The number of hydrogen-bond acceptors (Lipinski definition) is 1.